The Labute approximate surface area is 56.2 Å². The molecule has 0 aliphatic carbocycles. The van der Waals surface area contributed by atoms with Crippen molar-refractivity contribution in [2.45, 2.75) is 0 Å². The van der Waals surface area contributed by atoms with Gasteiger partial charge in [0, 0.05) is 0 Å². The maximum absolute atomic E-state index is 3.99. The van der Waals surface area contributed by atoms with E-state index in [1.807, 2.05) is 6.07 Å². The quantitative estimate of drug-likeness (QED) is 0.547. The zero-order chi connectivity index (χ0) is 6.10. The van der Waals surface area contributed by atoms with Gasteiger partial charge in [-0.05, 0) is 12.1 Å². The van der Waals surface area contributed by atoms with E-state index in [9.17, 15) is 0 Å². The van der Waals surface area contributed by atoms with Crippen molar-refractivity contribution in [1.82, 2.24) is 9.97 Å². The molecule has 0 amide bonds. The van der Waals surface area contributed by atoms with Crippen LogP contribution in [0, 0.1) is 6.20 Å². The van der Waals surface area contributed by atoms with Gasteiger partial charge in [0.15, 0.2) is 5.65 Å². The molecule has 2 aromatic rings. The number of fused-ring (bicyclic) bond motifs is 1. The fourth-order valence-electron chi connectivity index (χ4n) is 0.659. The molecule has 1 radical (unpaired) electrons. The Kier molecular flexibility index (Phi) is 0.960. The van der Waals surface area contributed by atoms with E-state index in [-0.39, 0.29) is 0 Å². The lowest BCUT2D eigenvalue weighted by molar-refractivity contribution is 1.32. The second-order valence-corrected chi connectivity index (χ2v) is 2.50. The Hall–Kier alpha value is -0.960. The molecule has 2 aromatic heterocycles. The van der Waals surface area contributed by atoms with Crippen LogP contribution in [0.2, 0.25) is 0 Å². The Morgan fingerprint density at radius 3 is 3.44 bits per heavy atom. The molecule has 0 saturated carbocycles. The number of hydrogen-bond acceptors (Lipinski definition) is 3. The predicted octanol–water partition coefficient (Wildman–Crippen LogP) is 1.49. The predicted molar refractivity (Wildman–Crippen MR) is 36.3 cm³/mol. The highest BCUT2D eigenvalue weighted by molar-refractivity contribution is 7.16. The lowest BCUT2D eigenvalue weighted by atomic mass is 10.5. The first-order valence-electron chi connectivity index (χ1n) is 2.53. The molecular weight excluding hydrogens is 132 g/mol. The fourth-order valence-corrected chi connectivity index (χ4v) is 1.28. The summed E-state index contributed by atoms with van der Waals surface area (Å²) in [6.07, 6.45) is 2.72. The maximum atomic E-state index is 3.99. The third kappa shape index (κ3) is 0.695. The number of hydrogen-bond donors (Lipinski definition) is 0. The summed E-state index contributed by atoms with van der Waals surface area (Å²) in [5, 5.41) is 0. The number of pyridine rings is 1. The molecule has 0 spiro atoms. The average Bonchev–Trinajstić information content (AvgIpc) is 2.33. The Balaban J connectivity index is 2.95. The third-order valence-corrected chi connectivity index (χ3v) is 1.84. The van der Waals surface area contributed by atoms with Crippen molar-refractivity contribution in [3.8, 4) is 0 Å². The van der Waals surface area contributed by atoms with E-state index in [4.69, 9.17) is 0 Å². The van der Waals surface area contributed by atoms with Crippen molar-refractivity contribution >= 4 is 21.7 Å². The van der Waals surface area contributed by atoms with Crippen molar-refractivity contribution in [3.63, 3.8) is 0 Å². The highest BCUT2D eigenvalue weighted by atomic mass is 32.1. The van der Waals surface area contributed by atoms with Gasteiger partial charge in [-0.3, -0.25) is 0 Å². The number of thiazole rings is 1. The minimum absolute atomic E-state index is 0.794. The summed E-state index contributed by atoms with van der Waals surface area (Å²) < 4.78 is 1.12. The van der Waals surface area contributed by atoms with E-state index in [1.54, 1.807) is 22.9 Å². The molecule has 9 heavy (non-hydrogen) atoms. The highest BCUT2D eigenvalue weighted by Crippen LogP contribution is 2.12. The van der Waals surface area contributed by atoms with Crippen LogP contribution in [0.4, 0.5) is 0 Å². The van der Waals surface area contributed by atoms with Crippen LogP contribution in [0.1, 0.15) is 0 Å². The Bertz CT molecular complexity index is 285. The average molecular weight is 135 g/mol. The van der Waals surface area contributed by atoms with Gasteiger partial charge in [-0.1, -0.05) is 0 Å². The van der Waals surface area contributed by atoms with Gasteiger partial charge in [-0.25, -0.2) is 9.97 Å². The van der Waals surface area contributed by atoms with E-state index in [1.165, 1.54) is 0 Å². The summed E-state index contributed by atoms with van der Waals surface area (Å²) in [5.41, 5.74) is 2.58. The van der Waals surface area contributed by atoms with Crippen LogP contribution in [0.25, 0.3) is 10.3 Å². The Morgan fingerprint density at radius 1 is 1.56 bits per heavy atom. The summed E-state index contributed by atoms with van der Waals surface area (Å²) in [5.74, 6) is 0. The topological polar surface area (TPSA) is 25.8 Å². The maximum Gasteiger partial charge on any atom is 0.170 e. The highest BCUT2D eigenvalue weighted by Gasteiger charge is 1.91. The molecule has 43 valence electrons. The van der Waals surface area contributed by atoms with Crippen molar-refractivity contribution in [1.29, 1.82) is 0 Å². The van der Waals surface area contributed by atoms with Crippen LogP contribution in [0.3, 0.4) is 0 Å². The van der Waals surface area contributed by atoms with Crippen LogP contribution in [0.15, 0.2) is 17.6 Å². The molecular formula is C6H3N2S. The van der Waals surface area contributed by atoms with Crippen molar-refractivity contribution in [2.24, 2.45) is 0 Å². The second kappa shape index (κ2) is 1.77. The minimum Gasteiger partial charge on any atom is -0.226 e. The molecule has 0 bridgehead atoms. The first kappa shape index (κ1) is 4.88. The van der Waals surface area contributed by atoms with Gasteiger partial charge in [-0.15, -0.1) is 11.3 Å². The van der Waals surface area contributed by atoms with Crippen molar-refractivity contribution in [2.75, 3.05) is 0 Å². The monoisotopic (exact) mass is 135 g/mol. The fraction of sp³-hybridized carbons (Fsp3) is 0. The van der Waals surface area contributed by atoms with Crippen molar-refractivity contribution in [3.05, 3.63) is 23.8 Å². The van der Waals surface area contributed by atoms with Crippen LogP contribution < -0.4 is 0 Å². The molecule has 0 aliphatic heterocycles. The summed E-state index contributed by atoms with van der Waals surface area (Å²) in [4.78, 5) is 7.91. The summed E-state index contributed by atoms with van der Waals surface area (Å²) in [7, 11) is 0. The second-order valence-electron chi connectivity index (χ2n) is 1.61. The molecule has 2 nitrogen and oxygen atoms in total. The van der Waals surface area contributed by atoms with Crippen LogP contribution in [0.5, 0.6) is 0 Å². The van der Waals surface area contributed by atoms with Crippen molar-refractivity contribution < 1.29 is 0 Å². The zero-order valence-corrected chi connectivity index (χ0v) is 5.35. The lowest BCUT2D eigenvalue weighted by Gasteiger charge is -1.79. The van der Waals surface area contributed by atoms with E-state index in [0.717, 1.165) is 10.3 Å². The van der Waals surface area contributed by atoms with Gasteiger partial charge in [-0.2, -0.15) is 0 Å². The van der Waals surface area contributed by atoms with E-state index in [0.29, 0.717) is 0 Å². The standard InChI is InChI=1S/C6H3N2S/c1-2-5-6(7-3-1)8-4-9-5/h1-2,4H. The van der Waals surface area contributed by atoms with Gasteiger partial charge in [0.2, 0.25) is 0 Å². The first-order valence-corrected chi connectivity index (χ1v) is 3.41. The molecule has 2 heterocycles. The third-order valence-electron chi connectivity index (χ3n) is 1.05. The summed E-state index contributed by atoms with van der Waals surface area (Å²) in [6, 6.07) is 3.75. The number of nitrogens with zero attached hydrogens (tertiary/aromatic N) is 2. The van der Waals surface area contributed by atoms with E-state index in [2.05, 4.69) is 16.2 Å². The van der Waals surface area contributed by atoms with Gasteiger partial charge in [0.1, 0.15) is 0 Å². The smallest absolute Gasteiger partial charge is 0.170 e. The molecule has 0 aliphatic rings. The SMILES string of the molecule is [c]1ccc2scnc2n1. The Morgan fingerprint density at radius 2 is 2.56 bits per heavy atom. The van der Waals surface area contributed by atoms with E-state index >= 15 is 0 Å². The molecule has 3 heteroatoms. The van der Waals surface area contributed by atoms with Gasteiger partial charge < -0.3 is 0 Å². The normalized spacial score (nSPS) is 10.2. The number of aromatic nitrogens is 2. The van der Waals surface area contributed by atoms with Crippen LogP contribution in [-0.2, 0) is 0 Å². The van der Waals surface area contributed by atoms with Crippen LogP contribution in [-0.4, -0.2) is 9.97 Å². The van der Waals surface area contributed by atoms with Gasteiger partial charge >= 0.3 is 0 Å². The molecule has 2 rings (SSSR count). The first-order chi connectivity index (χ1) is 4.47. The molecule has 0 saturated heterocycles. The molecule has 0 fully saturated rings. The molecule has 0 N–H and O–H groups in total. The molecule has 0 unspecified atom stereocenters. The zero-order valence-electron chi connectivity index (χ0n) is 4.53. The van der Waals surface area contributed by atoms with Gasteiger partial charge in [0.05, 0.1) is 16.4 Å². The number of rotatable bonds is 0. The van der Waals surface area contributed by atoms with Crippen LogP contribution >= 0.6 is 11.3 Å². The van der Waals surface area contributed by atoms with E-state index < -0.39 is 0 Å². The lowest BCUT2D eigenvalue weighted by Crippen LogP contribution is -1.70. The summed E-state index contributed by atoms with van der Waals surface area (Å²) in [6.45, 7) is 0. The molecule has 0 aromatic carbocycles. The molecule has 0 atom stereocenters. The summed E-state index contributed by atoms with van der Waals surface area (Å²) >= 11 is 1.59. The largest absolute Gasteiger partial charge is 0.226 e. The van der Waals surface area contributed by atoms with Gasteiger partial charge in [0.25, 0.3) is 0 Å². The minimum atomic E-state index is 0.794.